The van der Waals surface area contributed by atoms with Crippen molar-refractivity contribution in [2.75, 3.05) is 0 Å². The fourth-order valence-corrected chi connectivity index (χ4v) is 2.54. The first-order valence-electron chi connectivity index (χ1n) is 6.69. The van der Waals surface area contributed by atoms with Crippen LogP contribution < -0.4 is 4.74 Å². The maximum Gasteiger partial charge on any atom is 0.316 e. The highest BCUT2D eigenvalue weighted by atomic mass is 35.5. The molecule has 4 nitrogen and oxygen atoms in total. The van der Waals surface area contributed by atoms with Crippen LogP contribution in [-0.4, -0.2) is 12.2 Å². The number of carbonyl (C=O) groups excluding carboxylic acids is 1. The molecule has 0 spiro atoms. The van der Waals surface area contributed by atoms with Gasteiger partial charge in [0, 0.05) is 20.6 Å². The molecule has 0 aliphatic rings. The number of hydrogen-bond acceptors (Lipinski definition) is 4. The van der Waals surface area contributed by atoms with Crippen molar-refractivity contribution in [3.05, 3.63) is 62.1 Å². The lowest BCUT2D eigenvalue weighted by Gasteiger charge is -2.05. The maximum atomic E-state index is 11.7. The summed E-state index contributed by atoms with van der Waals surface area (Å²) in [7, 11) is 0. The first kappa shape index (κ1) is 18.9. The number of esters is 1. The van der Waals surface area contributed by atoms with E-state index in [2.05, 4.69) is 5.16 Å². The third kappa shape index (κ3) is 5.87. The number of benzene rings is 2. The predicted molar refractivity (Wildman–Crippen MR) is 96.5 cm³/mol. The average molecular weight is 407 g/mol. The number of ether oxygens (including phenoxy) is 1. The van der Waals surface area contributed by atoms with Gasteiger partial charge < -0.3 is 9.57 Å². The van der Waals surface area contributed by atoms with Gasteiger partial charge in [0.2, 0.25) is 0 Å². The molecule has 0 unspecified atom stereocenters. The van der Waals surface area contributed by atoms with Crippen molar-refractivity contribution in [3.8, 4) is 5.75 Å². The molecule has 0 amide bonds. The van der Waals surface area contributed by atoms with Crippen molar-refractivity contribution in [1.29, 1.82) is 0 Å². The van der Waals surface area contributed by atoms with Crippen LogP contribution in [0.2, 0.25) is 20.1 Å². The van der Waals surface area contributed by atoms with Gasteiger partial charge in [0.25, 0.3) is 0 Å². The maximum absolute atomic E-state index is 11.7. The molecule has 0 saturated heterocycles. The van der Waals surface area contributed by atoms with Gasteiger partial charge in [0.15, 0.2) is 0 Å². The summed E-state index contributed by atoms with van der Waals surface area (Å²) in [6.07, 6.45) is 1.21. The number of nitrogens with zero attached hydrogens (tertiary/aromatic N) is 1. The quantitative estimate of drug-likeness (QED) is 0.263. The van der Waals surface area contributed by atoms with Crippen LogP contribution in [-0.2, 0) is 16.2 Å². The minimum absolute atomic E-state index is 0.0761. The largest absolute Gasteiger partial charge is 0.425 e. The molecule has 0 heterocycles. The lowest BCUT2D eigenvalue weighted by atomic mass is 10.2. The first-order chi connectivity index (χ1) is 11.5. The summed E-state index contributed by atoms with van der Waals surface area (Å²) in [5.74, 6) is -0.301. The molecule has 0 aliphatic heterocycles. The van der Waals surface area contributed by atoms with E-state index < -0.39 is 5.97 Å². The Morgan fingerprint density at radius 3 is 2.33 bits per heavy atom. The summed E-state index contributed by atoms with van der Waals surface area (Å²) < 4.78 is 5.09. The highest BCUT2D eigenvalue weighted by Crippen LogP contribution is 2.27. The minimum atomic E-state index is -0.531. The molecule has 0 N–H and O–H groups in total. The fraction of sp³-hybridized carbons (Fsp3) is 0.125. The molecule has 0 saturated carbocycles. The molecule has 0 aromatic heterocycles. The zero-order valence-electron chi connectivity index (χ0n) is 12.1. The van der Waals surface area contributed by atoms with Crippen LogP contribution in [0.15, 0.2) is 41.6 Å². The van der Waals surface area contributed by atoms with Gasteiger partial charge in [-0.25, -0.2) is 0 Å². The van der Waals surface area contributed by atoms with E-state index in [4.69, 9.17) is 56.0 Å². The van der Waals surface area contributed by atoms with Gasteiger partial charge >= 0.3 is 5.97 Å². The Kier molecular flexibility index (Phi) is 7.18. The molecule has 0 fully saturated rings. The number of carbonyl (C=O) groups is 1. The number of hydrogen-bond donors (Lipinski definition) is 0. The lowest BCUT2D eigenvalue weighted by Crippen LogP contribution is -2.08. The third-order valence-corrected chi connectivity index (χ3v) is 3.88. The highest BCUT2D eigenvalue weighted by Gasteiger charge is 2.08. The number of rotatable bonds is 6. The van der Waals surface area contributed by atoms with Crippen molar-refractivity contribution in [3.63, 3.8) is 0 Å². The Morgan fingerprint density at radius 2 is 1.67 bits per heavy atom. The van der Waals surface area contributed by atoms with Crippen LogP contribution in [0.5, 0.6) is 5.75 Å². The van der Waals surface area contributed by atoms with E-state index in [1.165, 1.54) is 18.3 Å². The van der Waals surface area contributed by atoms with Gasteiger partial charge in [0.05, 0.1) is 17.7 Å². The molecular formula is C16H11Cl4NO3. The van der Waals surface area contributed by atoms with Crippen LogP contribution in [0.3, 0.4) is 0 Å². The summed E-state index contributed by atoms with van der Waals surface area (Å²) >= 11 is 23.5. The lowest BCUT2D eigenvalue weighted by molar-refractivity contribution is -0.132. The molecule has 0 radical (unpaired) electrons. The third-order valence-electron chi connectivity index (χ3n) is 2.76. The SMILES string of the molecule is O=C(C/C=N/OCc1ccc(Cl)cc1Cl)Oc1ccc(Cl)cc1Cl. The van der Waals surface area contributed by atoms with E-state index in [0.29, 0.717) is 15.1 Å². The average Bonchev–Trinajstić information content (AvgIpc) is 2.51. The van der Waals surface area contributed by atoms with Gasteiger partial charge in [-0.3, -0.25) is 4.79 Å². The second kappa shape index (κ2) is 9.14. The van der Waals surface area contributed by atoms with E-state index in [1.807, 2.05) is 0 Å². The Morgan fingerprint density at radius 1 is 1.00 bits per heavy atom. The van der Waals surface area contributed by atoms with Crippen LogP contribution in [0, 0.1) is 0 Å². The van der Waals surface area contributed by atoms with Crippen LogP contribution in [0.25, 0.3) is 0 Å². The molecule has 0 atom stereocenters. The van der Waals surface area contributed by atoms with Crippen molar-refractivity contribution < 1.29 is 14.4 Å². The molecule has 0 bridgehead atoms. The zero-order valence-corrected chi connectivity index (χ0v) is 15.2. The summed E-state index contributed by atoms with van der Waals surface area (Å²) in [5, 5.41) is 5.40. The molecule has 24 heavy (non-hydrogen) atoms. The molecule has 2 aromatic carbocycles. The molecule has 2 aromatic rings. The zero-order chi connectivity index (χ0) is 17.5. The second-order valence-corrected chi connectivity index (χ2v) is 6.24. The summed E-state index contributed by atoms with van der Waals surface area (Å²) in [6.45, 7) is 0.157. The molecule has 2 rings (SSSR count). The Labute approximate surface area is 158 Å². The van der Waals surface area contributed by atoms with E-state index in [9.17, 15) is 4.79 Å². The van der Waals surface area contributed by atoms with Gasteiger partial charge in [-0.1, -0.05) is 57.6 Å². The van der Waals surface area contributed by atoms with Crippen molar-refractivity contribution in [1.82, 2.24) is 0 Å². The van der Waals surface area contributed by atoms with E-state index in [0.717, 1.165) is 5.56 Å². The smallest absolute Gasteiger partial charge is 0.316 e. The standard InChI is InChI=1S/C16H11Cl4NO3/c17-11-2-1-10(13(19)7-11)9-23-21-6-5-16(22)24-15-4-3-12(18)8-14(15)20/h1-4,6-8H,5,9H2/b21-6+. The van der Waals surface area contributed by atoms with Crippen molar-refractivity contribution in [2.24, 2.45) is 5.16 Å². The Hall–Kier alpha value is -1.46. The Bertz CT molecular complexity index is 765. The van der Waals surface area contributed by atoms with Crippen molar-refractivity contribution >= 4 is 58.6 Å². The normalized spacial score (nSPS) is 10.8. The van der Waals surface area contributed by atoms with Crippen LogP contribution in [0.1, 0.15) is 12.0 Å². The summed E-state index contributed by atoms with van der Waals surface area (Å²) in [5.41, 5.74) is 0.730. The van der Waals surface area contributed by atoms with Gasteiger partial charge in [-0.05, 0) is 30.3 Å². The Balaban J connectivity index is 1.78. The summed E-state index contributed by atoms with van der Waals surface area (Å²) in [6, 6.07) is 9.61. The molecule has 8 heteroatoms. The van der Waals surface area contributed by atoms with Crippen LogP contribution >= 0.6 is 46.4 Å². The first-order valence-corrected chi connectivity index (χ1v) is 8.20. The predicted octanol–water partition coefficient (Wildman–Crippen LogP) is 5.80. The monoisotopic (exact) mass is 405 g/mol. The van der Waals surface area contributed by atoms with E-state index in [-0.39, 0.29) is 23.8 Å². The molecular weight excluding hydrogens is 396 g/mol. The molecule has 126 valence electrons. The van der Waals surface area contributed by atoms with Crippen molar-refractivity contribution in [2.45, 2.75) is 13.0 Å². The number of halogens is 4. The van der Waals surface area contributed by atoms with Gasteiger partial charge in [-0.2, -0.15) is 0 Å². The molecule has 0 aliphatic carbocycles. The topological polar surface area (TPSA) is 47.9 Å². The second-order valence-electron chi connectivity index (χ2n) is 4.55. The summed E-state index contributed by atoms with van der Waals surface area (Å²) in [4.78, 5) is 16.7. The van der Waals surface area contributed by atoms with E-state index >= 15 is 0 Å². The van der Waals surface area contributed by atoms with Gasteiger partial charge in [0.1, 0.15) is 12.4 Å². The van der Waals surface area contributed by atoms with E-state index in [1.54, 1.807) is 24.3 Å². The minimum Gasteiger partial charge on any atom is -0.425 e. The highest BCUT2D eigenvalue weighted by molar-refractivity contribution is 6.35. The van der Waals surface area contributed by atoms with Gasteiger partial charge in [-0.15, -0.1) is 0 Å². The fourth-order valence-electron chi connectivity index (χ4n) is 1.63. The van der Waals surface area contributed by atoms with Crippen LogP contribution in [0.4, 0.5) is 0 Å². The number of oxime groups is 1.